The van der Waals surface area contributed by atoms with Crippen LogP contribution < -0.4 is 4.74 Å². The SMILES string of the molecule is N#Cc1oc2ccccc2c1Oc1ccc(Cl)cc1CO. The highest BCUT2D eigenvalue weighted by Gasteiger charge is 2.17. The topological polar surface area (TPSA) is 66.4 Å². The lowest BCUT2D eigenvalue weighted by Gasteiger charge is -2.09. The predicted octanol–water partition coefficient (Wildman–Crippen LogP) is 4.24. The maximum Gasteiger partial charge on any atom is 0.247 e. The van der Waals surface area contributed by atoms with Gasteiger partial charge in [-0.1, -0.05) is 23.7 Å². The van der Waals surface area contributed by atoms with Crippen LogP contribution in [0.3, 0.4) is 0 Å². The third-order valence-electron chi connectivity index (χ3n) is 3.06. The number of nitriles is 1. The number of hydrogen-bond acceptors (Lipinski definition) is 4. The van der Waals surface area contributed by atoms with Gasteiger partial charge in [-0.25, -0.2) is 0 Å². The van der Waals surface area contributed by atoms with E-state index in [1.807, 2.05) is 24.3 Å². The molecular formula is C16H10ClNO3. The van der Waals surface area contributed by atoms with E-state index in [4.69, 9.17) is 20.8 Å². The van der Waals surface area contributed by atoms with E-state index >= 15 is 0 Å². The fourth-order valence-corrected chi connectivity index (χ4v) is 2.27. The lowest BCUT2D eigenvalue weighted by Crippen LogP contribution is -1.92. The van der Waals surface area contributed by atoms with Crippen molar-refractivity contribution in [3.05, 3.63) is 58.8 Å². The maximum atomic E-state index is 9.38. The zero-order valence-electron chi connectivity index (χ0n) is 10.8. The second-order valence-corrected chi connectivity index (χ2v) is 4.82. The largest absolute Gasteiger partial charge is 0.451 e. The molecule has 1 aromatic heterocycles. The molecule has 0 aliphatic rings. The Morgan fingerprint density at radius 1 is 1.24 bits per heavy atom. The lowest BCUT2D eigenvalue weighted by atomic mass is 10.2. The number of fused-ring (bicyclic) bond motifs is 1. The lowest BCUT2D eigenvalue weighted by molar-refractivity contribution is 0.276. The molecular weight excluding hydrogens is 290 g/mol. The summed E-state index contributed by atoms with van der Waals surface area (Å²) >= 11 is 5.89. The monoisotopic (exact) mass is 299 g/mol. The minimum Gasteiger partial charge on any atom is -0.451 e. The number of benzene rings is 2. The third-order valence-corrected chi connectivity index (χ3v) is 3.29. The van der Waals surface area contributed by atoms with E-state index in [2.05, 4.69) is 0 Å². The molecule has 0 aliphatic carbocycles. The first-order valence-corrected chi connectivity index (χ1v) is 6.59. The van der Waals surface area contributed by atoms with E-state index < -0.39 is 0 Å². The van der Waals surface area contributed by atoms with Gasteiger partial charge in [0.1, 0.15) is 17.4 Å². The number of para-hydroxylation sites is 1. The van der Waals surface area contributed by atoms with Crippen LogP contribution in [-0.4, -0.2) is 5.11 Å². The van der Waals surface area contributed by atoms with Crippen molar-refractivity contribution in [2.75, 3.05) is 0 Å². The van der Waals surface area contributed by atoms with Gasteiger partial charge in [0.15, 0.2) is 5.75 Å². The quantitative estimate of drug-likeness (QED) is 0.785. The van der Waals surface area contributed by atoms with E-state index in [0.29, 0.717) is 33.1 Å². The van der Waals surface area contributed by atoms with E-state index in [9.17, 15) is 10.4 Å². The van der Waals surface area contributed by atoms with Crippen molar-refractivity contribution in [3.63, 3.8) is 0 Å². The second kappa shape index (κ2) is 5.49. The number of rotatable bonds is 3. The van der Waals surface area contributed by atoms with Gasteiger partial charge in [0.05, 0.1) is 12.0 Å². The van der Waals surface area contributed by atoms with Crippen molar-refractivity contribution >= 4 is 22.6 Å². The van der Waals surface area contributed by atoms with Crippen LogP contribution in [0, 0.1) is 11.3 Å². The van der Waals surface area contributed by atoms with Crippen LogP contribution in [0.15, 0.2) is 46.9 Å². The zero-order valence-corrected chi connectivity index (χ0v) is 11.6. The summed E-state index contributed by atoms with van der Waals surface area (Å²) in [6.45, 7) is -0.215. The van der Waals surface area contributed by atoms with E-state index in [-0.39, 0.29) is 12.4 Å². The number of aliphatic hydroxyl groups excluding tert-OH is 1. The fraction of sp³-hybridized carbons (Fsp3) is 0.0625. The minimum absolute atomic E-state index is 0.0926. The highest BCUT2D eigenvalue weighted by atomic mass is 35.5. The fourth-order valence-electron chi connectivity index (χ4n) is 2.08. The van der Waals surface area contributed by atoms with Crippen LogP contribution in [-0.2, 0) is 6.61 Å². The molecule has 0 amide bonds. The van der Waals surface area contributed by atoms with Gasteiger partial charge in [0.2, 0.25) is 5.76 Å². The first-order chi connectivity index (χ1) is 10.2. The number of ether oxygens (including phenoxy) is 1. The van der Waals surface area contributed by atoms with Crippen molar-refractivity contribution in [2.45, 2.75) is 6.61 Å². The Morgan fingerprint density at radius 3 is 2.81 bits per heavy atom. The van der Waals surface area contributed by atoms with Crippen LogP contribution in [0.1, 0.15) is 11.3 Å². The van der Waals surface area contributed by atoms with Crippen molar-refractivity contribution in [3.8, 4) is 17.6 Å². The molecule has 0 atom stereocenters. The Kier molecular flexibility index (Phi) is 3.53. The van der Waals surface area contributed by atoms with Crippen LogP contribution in [0.4, 0.5) is 0 Å². The number of nitrogens with zero attached hydrogens (tertiary/aromatic N) is 1. The standard InChI is InChI=1S/C16H10ClNO3/c17-11-5-6-13(10(7-11)9-19)21-16-12-3-1-2-4-14(12)20-15(16)8-18/h1-7,19H,9H2. The molecule has 1 N–H and O–H groups in total. The van der Waals surface area contributed by atoms with Gasteiger partial charge < -0.3 is 14.3 Å². The van der Waals surface area contributed by atoms with Gasteiger partial charge >= 0.3 is 0 Å². The molecule has 2 aromatic carbocycles. The van der Waals surface area contributed by atoms with Gasteiger partial charge in [0, 0.05) is 10.6 Å². The van der Waals surface area contributed by atoms with E-state index in [0.717, 1.165) is 0 Å². The number of furan rings is 1. The van der Waals surface area contributed by atoms with Gasteiger partial charge in [0.25, 0.3) is 0 Å². The molecule has 0 fully saturated rings. The molecule has 0 spiro atoms. The van der Waals surface area contributed by atoms with Gasteiger partial charge in [-0.2, -0.15) is 5.26 Å². The summed E-state index contributed by atoms with van der Waals surface area (Å²) in [6.07, 6.45) is 0. The summed E-state index contributed by atoms with van der Waals surface area (Å²) in [5, 5.41) is 19.8. The molecule has 0 unspecified atom stereocenters. The highest BCUT2D eigenvalue weighted by Crippen LogP contribution is 2.37. The Labute approximate surface area is 125 Å². The molecule has 1 heterocycles. The van der Waals surface area contributed by atoms with E-state index in [1.165, 1.54) is 0 Å². The second-order valence-electron chi connectivity index (χ2n) is 4.38. The Morgan fingerprint density at radius 2 is 2.05 bits per heavy atom. The zero-order chi connectivity index (χ0) is 14.8. The normalized spacial score (nSPS) is 10.5. The maximum absolute atomic E-state index is 9.38. The Hall–Kier alpha value is -2.48. The number of aliphatic hydroxyl groups is 1. The van der Waals surface area contributed by atoms with E-state index in [1.54, 1.807) is 24.3 Å². The van der Waals surface area contributed by atoms with Crippen LogP contribution in [0.25, 0.3) is 11.0 Å². The van der Waals surface area contributed by atoms with Gasteiger partial charge in [-0.05, 0) is 30.3 Å². The first kappa shape index (κ1) is 13.5. The smallest absolute Gasteiger partial charge is 0.247 e. The molecule has 3 rings (SSSR count). The van der Waals surface area contributed by atoms with Crippen LogP contribution in [0.5, 0.6) is 11.5 Å². The van der Waals surface area contributed by atoms with Gasteiger partial charge in [-0.15, -0.1) is 0 Å². The number of hydrogen-bond donors (Lipinski definition) is 1. The first-order valence-electron chi connectivity index (χ1n) is 6.21. The van der Waals surface area contributed by atoms with Crippen molar-refractivity contribution in [1.82, 2.24) is 0 Å². The average Bonchev–Trinajstić information content (AvgIpc) is 2.87. The van der Waals surface area contributed by atoms with Gasteiger partial charge in [-0.3, -0.25) is 0 Å². The summed E-state index contributed by atoms with van der Waals surface area (Å²) in [6, 6.07) is 14.1. The Balaban J connectivity index is 2.12. The molecule has 3 aromatic rings. The summed E-state index contributed by atoms with van der Waals surface area (Å²) in [5.41, 5.74) is 1.11. The number of halogens is 1. The molecule has 0 saturated carbocycles. The van der Waals surface area contributed by atoms with Crippen molar-refractivity contribution < 1.29 is 14.3 Å². The molecule has 104 valence electrons. The molecule has 5 heteroatoms. The minimum atomic E-state index is -0.215. The molecule has 0 aliphatic heterocycles. The van der Waals surface area contributed by atoms with Crippen molar-refractivity contribution in [2.24, 2.45) is 0 Å². The molecule has 4 nitrogen and oxygen atoms in total. The van der Waals surface area contributed by atoms with Crippen LogP contribution in [0.2, 0.25) is 5.02 Å². The molecule has 0 saturated heterocycles. The molecule has 0 bridgehead atoms. The average molecular weight is 300 g/mol. The summed E-state index contributed by atoms with van der Waals surface area (Å²) < 4.78 is 11.2. The highest BCUT2D eigenvalue weighted by molar-refractivity contribution is 6.30. The summed E-state index contributed by atoms with van der Waals surface area (Å²) in [4.78, 5) is 0. The summed E-state index contributed by atoms with van der Waals surface area (Å²) in [5.74, 6) is 0.866. The predicted molar refractivity (Wildman–Crippen MR) is 78.4 cm³/mol. The third kappa shape index (κ3) is 2.45. The van der Waals surface area contributed by atoms with Crippen molar-refractivity contribution in [1.29, 1.82) is 5.26 Å². The van der Waals surface area contributed by atoms with Crippen LogP contribution >= 0.6 is 11.6 Å². The molecule has 21 heavy (non-hydrogen) atoms. The Bertz CT molecular complexity index is 848. The molecule has 0 radical (unpaired) electrons. The summed E-state index contributed by atoms with van der Waals surface area (Å²) in [7, 11) is 0.